The predicted octanol–water partition coefficient (Wildman–Crippen LogP) is 4.84. The van der Waals surface area contributed by atoms with Gasteiger partial charge in [-0.25, -0.2) is 0 Å². The second-order valence-electron chi connectivity index (χ2n) is 7.44. The zero-order valence-electron chi connectivity index (χ0n) is 17.3. The maximum absolute atomic E-state index is 5.85. The van der Waals surface area contributed by atoms with Gasteiger partial charge < -0.3 is 18.9 Å². The molecule has 0 saturated carbocycles. The average molecular weight is 373 g/mol. The van der Waals surface area contributed by atoms with Gasteiger partial charge in [-0.3, -0.25) is 0 Å². The van der Waals surface area contributed by atoms with Gasteiger partial charge in [0.05, 0.1) is 13.2 Å². The highest BCUT2D eigenvalue weighted by Gasteiger charge is 2.23. The molecule has 0 aliphatic heterocycles. The van der Waals surface area contributed by atoms with Gasteiger partial charge in [-0.1, -0.05) is 38.1 Å². The van der Waals surface area contributed by atoms with Gasteiger partial charge in [-0.15, -0.1) is 0 Å². The Labute approximate surface area is 163 Å². The molecule has 4 nitrogen and oxygen atoms in total. The van der Waals surface area contributed by atoms with E-state index in [2.05, 4.69) is 38.1 Å². The monoisotopic (exact) mass is 372 g/mol. The molecule has 27 heavy (non-hydrogen) atoms. The highest BCUT2D eigenvalue weighted by Crippen LogP contribution is 2.33. The molecule has 0 aliphatic carbocycles. The van der Waals surface area contributed by atoms with Crippen LogP contribution >= 0.6 is 0 Å². The van der Waals surface area contributed by atoms with Gasteiger partial charge in [-0.2, -0.15) is 0 Å². The Kier molecular flexibility index (Phi) is 7.69. The molecule has 4 heteroatoms. The van der Waals surface area contributed by atoms with Gasteiger partial charge >= 0.3 is 0 Å². The molecule has 0 aromatic heterocycles. The van der Waals surface area contributed by atoms with Gasteiger partial charge in [0.15, 0.2) is 0 Å². The first-order chi connectivity index (χ1) is 12.9. The fourth-order valence-electron chi connectivity index (χ4n) is 3.07. The van der Waals surface area contributed by atoms with E-state index in [1.165, 1.54) is 11.1 Å². The molecule has 0 bridgehead atoms. The predicted molar refractivity (Wildman–Crippen MR) is 109 cm³/mol. The van der Waals surface area contributed by atoms with Gasteiger partial charge in [0, 0.05) is 19.6 Å². The summed E-state index contributed by atoms with van der Waals surface area (Å²) < 4.78 is 21.9. The quantitative estimate of drug-likeness (QED) is 0.598. The largest absolute Gasteiger partial charge is 0.488 e. The summed E-state index contributed by atoms with van der Waals surface area (Å²) in [5, 5.41) is 0. The van der Waals surface area contributed by atoms with E-state index in [1.54, 1.807) is 14.2 Å². The van der Waals surface area contributed by atoms with Crippen molar-refractivity contribution >= 4 is 0 Å². The van der Waals surface area contributed by atoms with E-state index < -0.39 is 0 Å². The van der Waals surface area contributed by atoms with Crippen molar-refractivity contribution in [1.29, 1.82) is 0 Å². The lowest BCUT2D eigenvalue weighted by molar-refractivity contribution is 0.0920. The van der Waals surface area contributed by atoms with Crippen molar-refractivity contribution in [2.45, 2.75) is 45.3 Å². The van der Waals surface area contributed by atoms with Crippen molar-refractivity contribution in [3.05, 3.63) is 59.7 Å². The van der Waals surface area contributed by atoms with Crippen molar-refractivity contribution in [3.8, 4) is 11.5 Å². The molecule has 148 valence electrons. The zero-order valence-corrected chi connectivity index (χ0v) is 17.3. The van der Waals surface area contributed by atoms with E-state index in [-0.39, 0.29) is 17.6 Å². The van der Waals surface area contributed by atoms with Crippen LogP contribution in [0.1, 0.15) is 38.8 Å². The summed E-state index contributed by atoms with van der Waals surface area (Å²) in [5.74, 6) is 1.71. The van der Waals surface area contributed by atoms with Crippen LogP contribution in [0.25, 0.3) is 0 Å². The van der Waals surface area contributed by atoms with Crippen LogP contribution in [0.3, 0.4) is 0 Å². The Morgan fingerprint density at radius 1 is 0.667 bits per heavy atom. The molecule has 2 aromatic carbocycles. The highest BCUT2D eigenvalue weighted by atomic mass is 16.5. The molecule has 2 aromatic rings. The van der Waals surface area contributed by atoms with Crippen LogP contribution in [0, 0.1) is 0 Å². The first-order valence-corrected chi connectivity index (χ1v) is 9.39. The lowest BCUT2D eigenvalue weighted by atomic mass is 9.78. The summed E-state index contributed by atoms with van der Waals surface area (Å²) in [4.78, 5) is 0. The summed E-state index contributed by atoms with van der Waals surface area (Å²) >= 11 is 0. The molecule has 0 radical (unpaired) electrons. The van der Waals surface area contributed by atoms with Crippen molar-refractivity contribution < 1.29 is 18.9 Å². The third kappa shape index (κ3) is 5.98. The Hall–Kier alpha value is -2.04. The van der Waals surface area contributed by atoms with Crippen LogP contribution in [0.5, 0.6) is 11.5 Å². The van der Waals surface area contributed by atoms with Crippen LogP contribution < -0.4 is 9.47 Å². The number of methoxy groups -OCH3 is 2. The highest BCUT2D eigenvalue weighted by molar-refractivity contribution is 5.41. The average Bonchev–Trinajstić information content (AvgIpc) is 2.63. The number of hydrogen-bond donors (Lipinski definition) is 0. The van der Waals surface area contributed by atoms with Crippen LogP contribution in [0.15, 0.2) is 48.5 Å². The van der Waals surface area contributed by atoms with Crippen molar-refractivity contribution in [1.82, 2.24) is 0 Å². The second-order valence-corrected chi connectivity index (χ2v) is 7.44. The summed E-state index contributed by atoms with van der Waals surface area (Å²) in [6.07, 6.45) is 0.0591. The first kappa shape index (κ1) is 21.3. The number of ether oxygens (including phenoxy) is 4. The van der Waals surface area contributed by atoms with Gasteiger partial charge in [-0.05, 0) is 49.2 Å². The topological polar surface area (TPSA) is 36.9 Å². The normalized spacial score (nSPS) is 13.9. The van der Waals surface area contributed by atoms with Crippen molar-refractivity contribution in [2.75, 3.05) is 27.4 Å². The van der Waals surface area contributed by atoms with Crippen LogP contribution in [0.4, 0.5) is 0 Å². The maximum atomic E-state index is 5.85. The summed E-state index contributed by atoms with van der Waals surface area (Å²) in [7, 11) is 3.36. The van der Waals surface area contributed by atoms with Gasteiger partial charge in [0.25, 0.3) is 0 Å². The van der Waals surface area contributed by atoms with Crippen molar-refractivity contribution in [3.63, 3.8) is 0 Å². The minimum Gasteiger partial charge on any atom is -0.488 e. The molecular weight excluding hydrogens is 340 g/mol. The molecule has 0 amide bonds. The maximum Gasteiger partial charge on any atom is 0.119 e. The lowest BCUT2D eigenvalue weighted by Gasteiger charge is -2.27. The van der Waals surface area contributed by atoms with E-state index >= 15 is 0 Å². The summed E-state index contributed by atoms with van der Waals surface area (Å²) in [5.41, 5.74) is 2.35. The lowest BCUT2D eigenvalue weighted by Crippen LogP contribution is -2.20. The minimum atomic E-state index is -0.118. The smallest absolute Gasteiger partial charge is 0.119 e. The second kappa shape index (κ2) is 9.77. The van der Waals surface area contributed by atoms with E-state index in [0.29, 0.717) is 13.2 Å². The summed E-state index contributed by atoms with van der Waals surface area (Å²) in [6.45, 7) is 9.59. The minimum absolute atomic E-state index is 0.0295. The number of benzene rings is 2. The van der Waals surface area contributed by atoms with Crippen LogP contribution in [0.2, 0.25) is 0 Å². The SMILES string of the molecule is COCC(C)Oc1ccc(C(C)(C)c2ccc(OC(C)COC)cc2)cc1. The molecule has 2 rings (SSSR count). The fraction of sp³-hybridized carbons (Fsp3) is 0.478. The van der Waals surface area contributed by atoms with E-state index in [9.17, 15) is 0 Å². The Morgan fingerprint density at radius 2 is 1.00 bits per heavy atom. The molecule has 0 heterocycles. The van der Waals surface area contributed by atoms with E-state index in [1.807, 2.05) is 38.1 Å². The zero-order chi connectivity index (χ0) is 19.9. The number of rotatable bonds is 10. The van der Waals surface area contributed by atoms with E-state index in [0.717, 1.165) is 11.5 Å². The van der Waals surface area contributed by atoms with Gasteiger partial charge in [0.2, 0.25) is 0 Å². The molecule has 2 atom stereocenters. The standard InChI is InChI=1S/C23H32O4/c1-17(15-24-5)26-21-11-7-19(8-12-21)23(3,4)20-9-13-22(14-10-20)27-18(2)16-25-6/h7-14,17-18H,15-16H2,1-6H3. The van der Waals surface area contributed by atoms with E-state index in [4.69, 9.17) is 18.9 Å². The molecule has 0 aliphatic rings. The first-order valence-electron chi connectivity index (χ1n) is 9.39. The van der Waals surface area contributed by atoms with Gasteiger partial charge in [0.1, 0.15) is 23.7 Å². The Morgan fingerprint density at radius 3 is 1.30 bits per heavy atom. The summed E-state index contributed by atoms with van der Waals surface area (Å²) in [6, 6.07) is 16.6. The van der Waals surface area contributed by atoms with Crippen LogP contribution in [-0.2, 0) is 14.9 Å². The van der Waals surface area contributed by atoms with Crippen molar-refractivity contribution in [2.24, 2.45) is 0 Å². The molecule has 2 unspecified atom stereocenters. The Balaban J connectivity index is 2.08. The third-order valence-electron chi connectivity index (χ3n) is 4.63. The molecule has 0 N–H and O–H groups in total. The number of hydrogen-bond acceptors (Lipinski definition) is 4. The fourth-order valence-corrected chi connectivity index (χ4v) is 3.07. The molecule has 0 fully saturated rings. The molecular formula is C23H32O4. The molecule has 0 saturated heterocycles. The third-order valence-corrected chi connectivity index (χ3v) is 4.63. The molecule has 0 spiro atoms. The Bertz CT molecular complexity index is 617. The van der Waals surface area contributed by atoms with Crippen LogP contribution in [-0.4, -0.2) is 39.6 Å².